The van der Waals surface area contributed by atoms with E-state index < -0.39 is 0 Å². The third kappa shape index (κ3) is 4.58. The van der Waals surface area contributed by atoms with Crippen molar-refractivity contribution in [3.63, 3.8) is 0 Å². The van der Waals surface area contributed by atoms with Crippen molar-refractivity contribution in [1.82, 2.24) is 10.2 Å². The van der Waals surface area contributed by atoms with Gasteiger partial charge in [-0.3, -0.25) is 0 Å². The van der Waals surface area contributed by atoms with Gasteiger partial charge in [0.05, 0.1) is 13.2 Å². The van der Waals surface area contributed by atoms with E-state index in [1.165, 1.54) is 13.2 Å². The number of ether oxygens (including phenoxy) is 2. The predicted molar refractivity (Wildman–Crippen MR) is 81.7 cm³/mol. The molecule has 0 saturated carbocycles. The van der Waals surface area contributed by atoms with Gasteiger partial charge in [0.25, 0.3) is 0 Å². The molecule has 2 rings (SSSR count). The summed E-state index contributed by atoms with van der Waals surface area (Å²) >= 11 is 0. The van der Waals surface area contributed by atoms with Crippen molar-refractivity contribution in [3.05, 3.63) is 23.5 Å². The normalized spacial score (nSPS) is 16.2. The van der Waals surface area contributed by atoms with Gasteiger partial charge in [-0.05, 0) is 31.9 Å². The summed E-state index contributed by atoms with van der Waals surface area (Å²) < 4.78 is 25.0. The Morgan fingerprint density at radius 2 is 1.95 bits per heavy atom. The minimum Gasteiger partial charge on any atom is -0.493 e. The van der Waals surface area contributed by atoms with Crippen molar-refractivity contribution in [2.75, 3.05) is 39.8 Å². The molecule has 0 atom stereocenters. The second kappa shape index (κ2) is 7.61. The van der Waals surface area contributed by atoms with Crippen LogP contribution in [0, 0.1) is 5.82 Å². The number of hydrogen-bond acceptors (Lipinski definition) is 4. The molecular formula is C16H25FN2O2. The zero-order valence-electron chi connectivity index (χ0n) is 13.1. The van der Waals surface area contributed by atoms with Gasteiger partial charge in [0.15, 0.2) is 11.5 Å². The molecule has 21 heavy (non-hydrogen) atoms. The van der Waals surface area contributed by atoms with E-state index in [9.17, 15) is 4.39 Å². The molecule has 0 radical (unpaired) electrons. The van der Waals surface area contributed by atoms with Gasteiger partial charge < -0.3 is 19.7 Å². The first-order chi connectivity index (χ1) is 10.1. The van der Waals surface area contributed by atoms with E-state index in [2.05, 4.69) is 10.2 Å². The Hall–Kier alpha value is -1.33. The second-order valence-electron chi connectivity index (χ2n) is 5.60. The number of piperazine rings is 1. The maximum Gasteiger partial charge on any atom is 0.163 e. The highest BCUT2D eigenvalue weighted by atomic mass is 19.1. The van der Waals surface area contributed by atoms with E-state index in [4.69, 9.17) is 9.47 Å². The molecule has 0 bridgehead atoms. The fourth-order valence-electron chi connectivity index (χ4n) is 2.49. The molecule has 1 aromatic carbocycles. The molecule has 1 aromatic rings. The maximum absolute atomic E-state index is 14.1. The summed E-state index contributed by atoms with van der Waals surface area (Å²) in [5, 5.41) is 3.32. The molecule has 0 aliphatic carbocycles. The zero-order valence-corrected chi connectivity index (χ0v) is 13.1. The molecule has 1 aliphatic heterocycles. The van der Waals surface area contributed by atoms with Gasteiger partial charge >= 0.3 is 0 Å². The molecule has 4 nitrogen and oxygen atoms in total. The Bertz CT molecular complexity index is 460. The molecule has 1 N–H and O–H groups in total. The third-order valence-corrected chi connectivity index (χ3v) is 3.60. The molecule has 1 fully saturated rings. The lowest BCUT2D eigenvalue weighted by Gasteiger charge is -2.27. The maximum atomic E-state index is 14.1. The number of rotatable bonds is 6. The van der Waals surface area contributed by atoms with Gasteiger partial charge in [-0.2, -0.15) is 0 Å². The average molecular weight is 296 g/mol. The lowest BCUT2D eigenvalue weighted by molar-refractivity contribution is 0.228. The van der Waals surface area contributed by atoms with E-state index >= 15 is 0 Å². The number of hydrogen-bond donors (Lipinski definition) is 1. The van der Waals surface area contributed by atoms with Crippen LogP contribution in [0.4, 0.5) is 4.39 Å². The Labute approximate surface area is 126 Å². The highest BCUT2D eigenvalue weighted by Gasteiger charge is 2.15. The predicted octanol–water partition coefficient (Wildman–Crippen LogP) is 2.07. The van der Waals surface area contributed by atoms with Crippen LogP contribution in [0.1, 0.15) is 19.4 Å². The monoisotopic (exact) mass is 296 g/mol. The van der Waals surface area contributed by atoms with Crippen molar-refractivity contribution < 1.29 is 13.9 Å². The first kappa shape index (κ1) is 16.0. The van der Waals surface area contributed by atoms with Gasteiger partial charge in [-0.15, -0.1) is 0 Å². The molecule has 0 amide bonds. The van der Waals surface area contributed by atoms with Gasteiger partial charge in [-0.25, -0.2) is 4.39 Å². The minimum absolute atomic E-state index is 0.0328. The molecule has 118 valence electrons. The first-order valence-electron chi connectivity index (χ1n) is 7.56. The fourth-order valence-corrected chi connectivity index (χ4v) is 2.49. The standard InChI is InChI=1S/C16H25FN2O2/c1-12(2)21-16-10-13(14(17)11-15(16)20-3)4-7-19-8-5-18-6-9-19/h10-12,18H,4-9H2,1-3H3. The van der Waals surface area contributed by atoms with Crippen LogP contribution in [-0.4, -0.2) is 50.8 Å². The summed E-state index contributed by atoms with van der Waals surface area (Å²) in [4.78, 5) is 2.35. The second-order valence-corrected chi connectivity index (χ2v) is 5.60. The van der Waals surface area contributed by atoms with Crippen LogP contribution in [0.5, 0.6) is 11.5 Å². The molecule has 0 unspecified atom stereocenters. The molecule has 5 heteroatoms. The average Bonchev–Trinajstić information content (AvgIpc) is 2.47. The molecule has 1 saturated heterocycles. The van der Waals surface area contributed by atoms with Crippen molar-refractivity contribution in [3.8, 4) is 11.5 Å². The van der Waals surface area contributed by atoms with Crippen LogP contribution in [0.2, 0.25) is 0 Å². The van der Waals surface area contributed by atoms with Crippen LogP contribution in [-0.2, 0) is 6.42 Å². The SMILES string of the molecule is COc1cc(F)c(CCN2CCNCC2)cc1OC(C)C. The van der Waals surface area contributed by atoms with E-state index in [0.29, 0.717) is 23.5 Å². The summed E-state index contributed by atoms with van der Waals surface area (Å²) in [6.07, 6.45) is 0.718. The van der Waals surface area contributed by atoms with Gasteiger partial charge in [0, 0.05) is 38.8 Å². The highest BCUT2D eigenvalue weighted by molar-refractivity contribution is 5.44. The van der Waals surface area contributed by atoms with Gasteiger partial charge in [-0.1, -0.05) is 0 Å². The Morgan fingerprint density at radius 1 is 1.24 bits per heavy atom. The van der Waals surface area contributed by atoms with Crippen molar-refractivity contribution in [2.24, 2.45) is 0 Å². The van der Waals surface area contributed by atoms with Gasteiger partial charge in [0.1, 0.15) is 5.82 Å². The molecular weight excluding hydrogens is 271 g/mol. The number of nitrogens with zero attached hydrogens (tertiary/aromatic N) is 1. The largest absolute Gasteiger partial charge is 0.493 e. The number of nitrogens with one attached hydrogen (secondary N) is 1. The van der Waals surface area contributed by atoms with Crippen LogP contribution < -0.4 is 14.8 Å². The van der Waals surface area contributed by atoms with E-state index in [1.807, 2.05) is 13.8 Å². The van der Waals surface area contributed by atoms with Crippen LogP contribution in [0.3, 0.4) is 0 Å². The zero-order chi connectivity index (χ0) is 15.2. The summed E-state index contributed by atoms with van der Waals surface area (Å²) in [5.41, 5.74) is 0.685. The smallest absolute Gasteiger partial charge is 0.163 e. The van der Waals surface area contributed by atoms with E-state index in [-0.39, 0.29) is 11.9 Å². The highest BCUT2D eigenvalue weighted by Crippen LogP contribution is 2.31. The molecule has 0 aromatic heterocycles. The summed E-state index contributed by atoms with van der Waals surface area (Å²) in [6.45, 7) is 8.82. The van der Waals surface area contributed by atoms with E-state index in [0.717, 1.165) is 32.7 Å². The lowest BCUT2D eigenvalue weighted by atomic mass is 10.1. The summed E-state index contributed by atoms with van der Waals surface area (Å²) in [6, 6.07) is 3.20. The first-order valence-corrected chi connectivity index (χ1v) is 7.56. The quantitative estimate of drug-likeness (QED) is 0.871. The topological polar surface area (TPSA) is 33.7 Å². The van der Waals surface area contributed by atoms with Crippen LogP contribution in [0.15, 0.2) is 12.1 Å². The Morgan fingerprint density at radius 3 is 2.57 bits per heavy atom. The van der Waals surface area contributed by atoms with Gasteiger partial charge in [0.2, 0.25) is 0 Å². The van der Waals surface area contributed by atoms with Crippen molar-refractivity contribution in [2.45, 2.75) is 26.4 Å². The minimum atomic E-state index is -0.224. The molecule has 0 spiro atoms. The Kier molecular flexibility index (Phi) is 5.82. The number of halogens is 1. The third-order valence-electron chi connectivity index (χ3n) is 3.60. The Balaban J connectivity index is 2.06. The fraction of sp³-hybridized carbons (Fsp3) is 0.625. The molecule has 1 aliphatic rings. The summed E-state index contributed by atoms with van der Waals surface area (Å²) in [7, 11) is 1.53. The summed E-state index contributed by atoms with van der Waals surface area (Å²) in [5.74, 6) is 0.842. The van der Waals surface area contributed by atoms with Crippen LogP contribution >= 0.6 is 0 Å². The van der Waals surface area contributed by atoms with Crippen molar-refractivity contribution in [1.29, 1.82) is 0 Å². The van der Waals surface area contributed by atoms with E-state index in [1.54, 1.807) is 6.07 Å². The molecule has 1 heterocycles. The van der Waals surface area contributed by atoms with Crippen LogP contribution in [0.25, 0.3) is 0 Å². The lowest BCUT2D eigenvalue weighted by Crippen LogP contribution is -2.44. The number of benzene rings is 1. The number of methoxy groups -OCH3 is 1. The van der Waals surface area contributed by atoms with Crippen molar-refractivity contribution >= 4 is 0 Å².